The van der Waals surface area contributed by atoms with Gasteiger partial charge in [0.2, 0.25) is 0 Å². The van der Waals surface area contributed by atoms with Crippen LogP contribution in [0.3, 0.4) is 0 Å². The number of anilines is 1. The third-order valence-corrected chi connectivity index (χ3v) is 3.56. The third-order valence-electron chi connectivity index (χ3n) is 3.56. The summed E-state index contributed by atoms with van der Waals surface area (Å²) in [6.45, 7) is 6.16. The van der Waals surface area contributed by atoms with Crippen LogP contribution in [0.1, 0.15) is 33.1 Å². The second-order valence-electron chi connectivity index (χ2n) is 5.79. The van der Waals surface area contributed by atoms with E-state index in [4.69, 9.17) is 0 Å². The maximum absolute atomic E-state index is 9.87. The standard InChI is InChI=1S/C17H25N3O2.BrH/c1-12(2)18-8-4-3-5-9-19-14-11-15(21)17(22)13-7-6-10-20-16(13)14;/h6-7,10-12,18-19,21-22H,3-5,8-9H2,1-2H3;1H. The van der Waals surface area contributed by atoms with Gasteiger partial charge in [0.15, 0.2) is 11.5 Å². The van der Waals surface area contributed by atoms with Crippen molar-refractivity contribution in [1.29, 1.82) is 0 Å². The Morgan fingerprint density at radius 1 is 1.13 bits per heavy atom. The molecule has 0 saturated heterocycles. The van der Waals surface area contributed by atoms with Gasteiger partial charge in [-0.25, -0.2) is 0 Å². The first-order chi connectivity index (χ1) is 10.6. The molecule has 0 aliphatic carbocycles. The molecule has 128 valence electrons. The molecule has 2 aromatic rings. The fraction of sp³-hybridized carbons (Fsp3) is 0.471. The fourth-order valence-electron chi connectivity index (χ4n) is 2.40. The van der Waals surface area contributed by atoms with E-state index in [1.807, 2.05) is 0 Å². The first-order valence-electron chi connectivity index (χ1n) is 7.86. The van der Waals surface area contributed by atoms with E-state index < -0.39 is 0 Å². The molecule has 0 aliphatic rings. The second-order valence-corrected chi connectivity index (χ2v) is 5.79. The molecule has 4 N–H and O–H groups in total. The second kappa shape index (κ2) is 9.57. The van der Waals surface area contributed by atoms with Crippen molar-refractivity contribution >= 4 is 33.6 Å². The molecular weight excluding hydrogens is 358 g/mol. The number of benzene rings is 1. The van der Waals surface area contributed by atoms with E-state index in [-0.39, 0.29) is 28.5 Å². The van der Waals surface area contributed by atoms with Crippen molar-refractivity contribution in [2.24, 2.45) is 0 Å². The zero-order valence-corrected chi connectivity index (χ0v) is 15.4. The molecular formula is C17H26BrN3O2. The van der Waals surface area contributed by atoms with Crippen LogP contribution in [0.25, 0.3) is 10.9 Å². The number of hydrogen-bond donors (Lipinski definition) is 4. The first kappa shape index (κ1) is 19.5. The number of pyridine rings is 1. The molecule has 0 radical (unpaired) electrons. The molecule has 0 amide bonds. The van der Waals surface area contributed by atoms with Gasteiger partial charge in [-0.3, -0.25) is 4.98 Å². The minimum Gasteiger partial charge on any atom is -0.504 e. The van der Waals surface area contributed by atoms with Gasteiger partial charge in [0.25, 0.3) is 0 Å². The zero-order chi connectivity index (χ0) is 15.9. The van der Waals surface area contributed by atoms with Crippen LogP contribution in [-0.2, 0) is 0 Å². The van der Waals surface area contributed by atoms with E-state index in [0.717, 1.165) is 38.0 Å². The van der Waals surface area contributed by atoms with Gasteiger partial charge in [-0.05, 0) is 31.5 Å². The molecule has 5 nitrogen and oxygen atoms in total. The highest BCUT2D eigenvalue weighted by Gasteiger charge is 2.10. The Bertz CT molecular complexity index is 620. The first-order valence-corrected chi connectivity index (χ1v) is 7.86. The Labute approximate surface area is 147 Å². The molecule has 0 fully saturated rings. The van der Waals surface area contributed by atoms with E-state index in [1.54, 1.807) is 18.3 Å². The fourth-order valence-corrected chi connectivity index (χ4v) is 2.40. The molecule has 1 aromatic carbocycles. The number of unbranched alkanes of at least 4 members (excludes halogenated alkanes) is 2. The summed E-state index contributed by atoms with van der Waals surface area (Å²) in [6, 6.07) is 5.56. The van der Waals surface area contributed by atoms with Gasteiger partial charge in [0, 0.05) is 30.2 Å². The summed E-state index contributed by atoms with van der Waals surface area (Å²) in [7, 11) is 0. The molecule has 0 bridgehead atoms. The average molecular weight is 384 g/mol. The topological polar surface area (TPSA) is 77.4 Å². The summed E-state index contributed by atoms with van der Waals surface area (Å²) >= 11 is 0. The van der Waals surface area contributed by atoms with Crippen LogP contribution >= 0.6 is 17.0 Å². The maximum atomic E-state index is 9.87. The predicted octanol–water partition coefficient (Wildman–Crippen LogP) is 3.80. The van der Waals surface area contributed by atoms with Crippen LogP contribution in [-0.4, -0.2) is 34.3 Å². The number of aromatic hydroxyl groups is 2. The monoisotopic (exact) mass is 383 g/mol. The number of hydrogen-bond acceptors (Lipinski definition) is 5. The normalized spacial score (nSPS) is 10.7. The number of fused-ring (bicyclic) bond motifs is 1. The van der Waals surface area contributed by atoms with Gasteiger partial charge < -0.3 is 20.8 Å². The van der Waals surface area contributed by atoms with Crippen LogP contribution in [0.15, 0.2) is 24.4 Å². The molecule has 23 heavy (non-hydrogen) atoms. The summed E-state index contributed by atoms with van der Waals surface area (Å²) in [6.07, 6.45) is 5.03. The smallest absolute Gasteiger partial charge is 0.167 e. The Hall–Kier alpha value is -1.53. The third kappa shape index (κ3) is 5.55. The highest BCUT2D eigenvalue weighted by Crippen LogP contribution is 2.37. The number of nitrogens with zero attached hydrogens (tertiary/aromatic N) is 1. The zero-order valence-electron chi connectivity index (χ0n) is 13.7. The van der Waals surface area contributed by atoms with Gasteiger partial charge in [0.1, 0.15) is 0 Å². The Kier molecular flexibility index (Phi) is 8.12. The van der Waals surface area contributed by atoms with E-state index in [1.165, 1.54) is 6.07 Å². The molecule has 0 unspecified atom stereocenters. The van der Waals surface area contributed by atoms with Gasteiger partial charge in [-0.1, -0.05) is 20.3 Å². The van der Waals surface area contributed by atoms with Crippen LogP contribution in [0, 0.1) is 0 Å². The van der Waals surface area contributed by atoms with Crippen LogP contribution < -0.4 is 10.6 Å². The molecule has 6 heteroatoms. The lowest BCUT2D eigenvalue weighted by molar-refractivity contribution is 0.408. The van der Waals surface area contributed by atoms with E-state index in [9.17, 15) is 10.2 Å². The molecule has 1 heterocycles. The number of aromatic nitrogens is 1. The predicted molar refractivity (Wildman–Crippen MR) is 101 cm³/mol. The Morgan fingerprint density at radius 3 is 2.61 bits per heavy atom. The van der Waals surface area contributed by atoms with Crippen LogP contribution in [0.2, 0.25) is 0 Å². The average Bonchev–Trinajstić information content (AvgIpc) is 2.50. The summed E-state index contributed by atoms with van der Waals surface area (Å²) in [5.41, 5.74) is 1.44. The van der Waals surface area contributed by atoms with E-state index in [2.05, 4.69) is 29.5 Å². The molecule has 0 atom stereocenters. The highest BCUT2D eigenvalue weighted by molar-refractivity contribution is 8.93. The van der Waals surface area contributed by atoms with Crippen molar-refractivity contribution in [2.75, 3.05) is 18.4 Å². The number of halogens is 1. The van der Waals surface area contributed by atoms with Crippen molar-refractivity contribution in [2.45, 2.75) is 39.2 Å². The van der Waals surface area contributed by atoms with Crippen LogP contribution in [0.5, 0.6) is 11.5 Å². The summed E-state index contributed by atoms with van der Waals surface area (Å²) < 4.78 is 0. The van der Waals surface area contributed by atoms with Crippen LogP contribution in [0.4, 0.5) is 5.69 Å². The molecule has 0 saturated carbocycles. The van der Waals surface area contributed by atoms with Crippen molar-refractivity contribution in [1.82, 2.24) is 10.3 Å². The lowest BCUT2D eigenvalue weighted by atomic mass is 10.1. The number of phenols is 2. The Balaban J connectivity index is 0.00000264. The Morgan fingerprint density at radius 2 is 1.87 bits per heavy atom. The van der Waals surface area contributed by atoms with Crippen molar-refractivity contribution in [3.63, 3.8) is 0 Å². The largest absolute Gasteiger partial charge is 0.504 e. The lowest BCUT2D eigenvalue weighted by Gasteiger charge is -2.12. The number of phenolic OH excluding ortho intramolecular Hbond substituents is 2. The summed E-state index contributed by atoms with van der Waals surface area (Å²) in [5.74, 6) is -0.238. The molecule has 0 spiro atoms. The summed E-state index contributed by atoms with van der Waals surface area (Å²) in [5, 5.41) is 26.9. The maximum Gasteiger partial charge on any atom is 0.167 e. The molecule has 0 aliphatic heterocycles. The molecule has 1 aromatic heterocycles. The van der Waals surface area contributed by atoms with Gasteiger partial charge >= 0.3 is 0 Å². The van der Waals surface area contributed by atoms with Crippen molar-refractivity contribution < 1.29 is 10.2 Å². The number of nitrogens with one attached hydrogen (secondary N) is 2. The van der Waals surface area contributed by atoms with E-state index in [0.29, 0.717) is 16.9 Å². The van der Waals surface area contributed by atoms with Gasteiger partial charge in [-0.15, -0.1) is 17.0 Å². The highest BCUT2D eigenvalue weighted by atomic mass is 79.9. The quantitative estimate of drug-likeness (QED) is 0.316. The lowest BCUT2D eigenvalue weighted by Crippen LogP contribution is -2.23. The van der Waals surface area contributed by atoms with Crippen molar-refractivity contribution in [3.05, 3.63) is 24.4 Å². The minimum absolute atomic E-state index is 0. The minimum atomic E-state index is -0.121. The van der Waals surface area contributed by atoms with Crippen molar-refractivity contribution in [3.8, 4) is 11.5 Å². The SMILES string of the molecule is Br.CC(C)NCCCCCNc1cc(O)c(O)c2cccnc12. The van der Waals surface area contributed by atoms with E-state index >= 15 is 0 Å². The summed E-state index contributed by atoms with van der Waals surface area (Å²) in [4.78, 5) is 4.29. The van der Waals surface area contributed by atoms with Gasteiger partial charge in [-0.2, -0.15) is 0 Å². The molecule has 2 rings (SSSR count). The number of rotatable bonds is 8. The van der Waals surface area contributed by atoms with Gasteiger partial charge in [0.05, 0.1) is 11.2 Å².